The van der Waals surface area contributed by atoms with Gasteiger partial charge in [0, 0.05) is 12.7 Å². The predicted molar refractivity (Wildman–Crippen MR) is 73.8 cm³/mol. The normalized spacial score (nSPS) is 12.1. The van der Waals surface area contributed by atoms with Gasteiger partial charge in [-0.15, -0.1) is 0 Å². The van der Waals surface area contributed by atoms with Crippen molar-refractivity contribution in [3.63, 3.8) is 0 Å². The van der Waals surface area contributed by atoms with Crippen LogP contribution in [-0.2, 0) is 6.54 Å². The van der Waals surface area contributed by atoms with Crippen LogP contribution >= 0.6 is 0 Å². The highest BCUT2D eigenvalue weighted by atomic mass is 16.1. The van der Waals surface area contributed by atoms with Crippen LogP contribution in [-0.4, -0.2) is 40.1 Å². The minimum Gasteiger partial charge on any atom is -0.297 e. The first-order chi connectivity index (χ1) is 8.53. The van der Waals surface area contributed by atoms with E-state index < -0.39 is 5.54 Å². The van der Waals surface area contributed by atoms with E-state index in [0.29, 0.717) is 0 Å². The van der Waals surface area contributed by atoms with Crippen LogP contribution in [0.1, 0.15) is 50.5 Å². The summed E-state index contributed by atoms with van der Waals surface area (Å²) in [6, 6.07) is 1.83. The number of hydrogen-bond donors (Lipinski definition) is 0. The van der Waals surface area contributed by atoms with E-state index in [-0.39, 0.29) is 5.78 Å². The number of carbonyl (C=O) groups excluding carboxylic acids is 1. The van der Waals surface area contributed by atoms with E-state index in [1.807, 2.05) is 29.7 Å². The minimum absolute atomic E-state index is 0.184. The van der Waals surface area contributed by atoms with Crippen molar-refractivity contribution in [3.05, 3.63) is 18.0 Å². The Balaban J connectivity index is 3.14. The van der Waals surface area contributed by atoms with E-state index in [2.05, 4.69) is 25.9 Å². The van der Waals surface area contributed by atoms with Gasteiger partial charge < -0.3 is 0 Å². The van der Waals surface area contributed by atoms with Crippen LogP contribution in [0.4, 0.5) is 0 Å². The zero-order chi connectivity index (χ0) is 13.8. The molecule has 4 nitrogen and oxygen atoms in total. The number of likely N-dealkylation sites (N-methyl/N-ethyl adjacent to an activating group) is 1. The maximum Gasteiger partial charge on any atom is 0.200 e. The summed E-state index contributed by atoms with van der Waals surface area (Å²) in [5.41, 5.74) is 0.320. The van der Waals surface area contributed by atoms with Crippen molar-refractivity contribution in [2.24, 2.45) is 0 Å². The lowest BCUT2D eigenvalue weighted by Crippen LogP contribution is -2.50. The zero-order valence-corrected chi connectivity index (χ0v) is 12.2. The fourth-order valence-electron chi connectivity index (χ4n) is 2.56. The van der Waals surface area contributed by atoms with Crippen LogP contribution < -0.4 is 0 Å². The summed E-state index contributed by atoms with van der Waals surface area (Å²) in [5, 5.41) is 4.25. The molecule has 0 bridgehead atoms. The monoisotopic (exact) mass is 251 g/mol. The van der Waals surface area contributed by atoms with Crippen molar-refractivity contribution in [1.29, 1.82) is 0 Å². The van der Waals surface area contributed by atoms with Gasteiger partial charge in [0.1, 0.15) is 5.69 Å². The van der Waals surface area contributed by atoms with Gasteiger partial charge in [-0.25, -0.2) is 0 Å². The number of aromatic nitrogens is 2. The van der Waals surface area contributed by atoms with E-state index in [4.69, 9.17) is 0 Å². The van der Waals surface area contributed by atoms with E-state index in [9.17, 15) is 4.79 Å². The van der Waals surface area contributed by atoms with Gasteiger partial charge in [-0.3, -0.25) is 14.4 Å². The molecule has 1 rings (SSSR count). The number of carbonyl (C=O) groups is 1. The Labute approximate surface area is 110 Å². The van der Waals surface area contributed by atoms with E-state index >= 15 is 0 Å². The van der Waals surface area contributed by atoms with Crippen LogP contribution in [0.2, 0.25) is 0 Å². The lowest BCUT2D eigenvalue weighted by atomic mass is 9.85. The summed E-state index contributed by atoms with van der Waals surface area (Å²) >= 11 is 0. The average molecular weight is 251 g/mol. The van der Waals surface area contributed by atoms with Crippen molar-refractivity contribution < 1.29 is 4.79 Å². The molecular formula is C14H25N3O. The maximum absolute atomic E-state index is 12.8. The molecule has 0 fully saturated rings. The number of ketones is 1. The standard InChI is InChI=1S/C14H25N3O/c1-6-11-17-12(9-10-15-17)13(18)14(7-2,8-3)16(4)5/h9-10H,6-8,11H2,1-5H3. The Morgan fingerprint density at radius 3 is 2.39 bits per heavy atom. The number of hydrogen-bond acceptors (Lipinski definition) is 3. The highest BCUT2D eigenvalue weighted by molar-refractivity contribution is 6.01. The Morgan fingerprint density at radius 2 is 1.94 bits per heavy atom. The molecule has 0 saturated heterocycles. The molecule has 0 amide bonds. The summed E-state index contributed by atoms with van der Waals surface area (Å²) in [6.07, 6.45) is 4.32. The molecule has 0 atom stereocenters. The molecule has 0 unspecified atom stereocenters. The molecule has 0 aliphatic heterocycles. The van der Waals surface area contributed by atoms with Gasteiger partial charge in [-0.1, -0.05) is 20.8 Å². The second-order valence-corrected chi connectivity index (χ2v) is 4.90. The molecule has 18 heavy (non-hydrogen) atoms. The van der Waals surface area contributed by atoms with Crippen LogP contribution in [0.3, 0.4) is 0 Å². The molecule has 0 N–H and O–H groups in total. The molecule has 1 aromatic rings. The first-order valence-corrected chi connectivity index (χ1v) is 6.77. The maximum atomic E-state index is 12.8. The van der Waals surface area contributed by atoms with Crippen molar-refractivity contribution in [2.45, 2.75) is 52.1 Å². The molecule has 1 heterocycles. The number of aryl methyl sites for hydroxylation is 1. The molecule has 0 radical (unpaired) electrons. The van der Waals surface area contributed by atoms with Gasteiger partial charge >= 0.3 is 0 Å². The zero-order valence-electron chi connectivity index (χ0n) is 12.2. The SMILES string of the molecule is CCCn1nccc1C(=O)C(CC)(CC)N(C)C. The smallest absolute Gasteiger partial charge is 0.200 e. The Morgan fingerprint density at radius 1 is 1.33 bits per heavy atom. The van der Waals surface area contributed by atoms with Gasteiger partial charge in [0.15, 0.2) is 0 Å². The summed E-state index contributed by atoms with van der Waals surface area (Å²) in [6.45, 7) is 7.03. The molecule has 0 aromatic carbocycles. The van der Waals surface area contributed by atoms with E-state index in [0.717, 1.165) is 31.5 Å². The number of Topliss-reactive ketones (excluding diaryl/α,β-unsaturated/α-hetero) is 1. The molecule has 102 valence electrons. The van der Waals surface area contributed by atoms with Crippen molar-refractivity contribution >= 4 is 5.78 Å². The third kappa shape index (κ3) is 2.48. The Bertz CT molecular complexity index is 391. The van der Waals surface area contributed by atoms with E-state index in [1.54, 1.807) is 6.20 Å². The molecule has 0 spiro atoms. The minimum atomic E-state index is -0.411. The lowest BCUT2D eigenvalue weighted by Gasteiger charge is -2.36. The van der Waals surface area contributed by atoms with Gasteiger partial charge in [-0.05, 0) is 39.4 Å². The van der Waals surface area contributed by atoms with Gasteiger partial charge in [0.2, 0.25) is 5.78 Å². The molecule has 0 aliphatic carbocycles. The summed E-state index contributed by atoms with van der Waals surface area (Å²) in [5.74, 6) is 0.184. The van der Waals surface area contributed by atoms with Crippen LogP contribution in [0.15, 0.2) is 12.3 Å². The summed E-state index contributed by atoms with van der Waals surface area (Å²) in [7, 11) is 3.96. The second-order valence-electron chi connectivity index (χ2n) is 4.90. The number of nitrogens with zero attached hydrogens (tertiary/aromatic N) is 3. The van der Waals surface area contributed by atoms with Gasteiger partial charge in [0.05, 0.1) is 5.54 Å². The summed E-state index contributed by atoms with van der Waals surface area (Å²) in [4.78, 5) is 14.9. The quantitative estimate of drug-likeness (QED) is 0.699. The fraction of sp³-hybridized carbons (Fsp3) is 0.714. The number of rotatable bonds is 7. The Hall–Kier alpha value is -1.16. The summed E-state index contributed by atoms with van der Waals surface area (Å²) < 4.78 is 1.83. The first-order valence-electron chi connectivity index (χ1n) is 6.77. The van der Waals surface area contributed by atoms with Crippen LogP contribution in [0.5, 0.6) is 0 Å². The topological polar surface area (TPSA) is 38.1 Å². The van der Waals surface area contributed by atoms with Crippen molar-refractivity contribution in [3.8, 4) is 0 Å². The van der Waals surface area contributed by atoms with E-state index in [1.165, 1.54) is 0 Å². The molecule has 0 saturated carbocycles. The van der Waals surface area contributed by atoms with Crippen LogP contribution in [0.25, 0.3) is 0 Å². The first kappa shape index (κ1) is 14.9. The largest absolute Gasteiger partial charge is 0.297 e. The average Bonchev–Trinajstić information content (AvgIpc) is 2.79. The second kappa shape index (κ2) is 6.14. The predicted octanol–water partition coefficient (Wildman–Crippen LogP) is 2.60. The van der Waals surface area contributed by atoms with Gasteiger partial charge in [-0.2, -0.15) is 5.10 Å². The molecule has 1 aromatic heterocycles. The third-order valence-electron chi connectivity index (χ3n) is 3.83. The van der Waals surface area contributed by atoms with Crippen molar-refractivity contribution in [2.75, 3.05) is 14.1 Å². The molecule has 4 heteroatoms. The highest BCUT2D eigenvalue weighted by Gasteiger charge is 2.38. The Kier molecular flexibility index (Phi) is 5.08. The lowest BCUT2D eigenvalue weighted by molar-refractivity contribution is 0.0644. The van der Waals surface area contributed by atoms with Gasteiger partial charge in [0.25, 0.3) is 0 Å². The molecular weight excluding hydrogens is 226 g/mol. The van der Waals surface area contributed by atoms with Crippen LogP contribution in [0, 0.1) is 0 Å². The third-order valence-corrected chi connectivity index (χ3v) is 3.83. The molecule has 0 aliphatic rings. The fourth-order valence-corrected chi connectivity index (χ4v) is 2.56. The highest BCUT2D eigenvalue weighted by Crippen LogP contribution is 2.26. The van der Waals surface area contributed by atoms with Crippen molar-refractivity contribution in [1.82, 2.24) is 14.7 Å².